The molecule has 0 aliphatic heterocycles. The van der Waals surface area contributed by atoms with Gasteiger partial charge < -0.3 is 0 Å². The molecule has 0 aliphatic carbocycles. The largest absolute Gasteiger partial charge is 0.286 e. The maximum Gasteiger partial charge on any atom is 0.241 e. The third-order valence-electron chi connectivity index (χ3n) is 2.09. The molecule has 68 valence electrons. The molecular formula is C9H5N3OS. The smallest absolute Gasteiger partial charge is 0.241 e. The minimum absolute atomic E-state index is 0.0579. The van der Waals surface area contributed by atoms with Crippen molar-refractivity contribution in [3.8, 4) is 0 Å². The van der Waals surface area contributed by atoms with Crippen LogP contribution in [0.1, 0.15) is 0 Å². The molecule has 0 saturated heterocycles. The van der Waals surface area contributed by atoms with E-state index < -0.39 is 0 Å². The second-order valence-electron chi connectivity index (χ2n) is 2.91. The Balaban J connectivity index is 2.74. The first-order valence-corrected chi connectivity index (χ1v) is 4.94. The average molecular weight is 203 g/mol. The summed E-state index contributed by atoms with van der Waals surface area (Å²) in [4.78, 5) is 11.9. The quantitative estimate of drug-likeness (QED) is 0.553. The average Bonchev–Trinajstić information content (AvgIpc) is 2.81. The van der Waals surface area contributed by atoms with Gasteiger partial charge in [0.1, 0.15) is 6.33 Å². The van der Waals surface area contributed by atoms with Gasteiger partial charge in [0, 0.05) is 6.20 Å². The maximum absolute atomic E-state index is 11.9. The zero-order valence-corrected chi connectivity index (χ0v) is 7.86. The maximum atomic E-state index is 11.9. The molecule has 0 aliphatic rings. The molecule has 0 unspecified atom stereocenters. The van der Waals surface area contributed by atoms with Gasteiger partial charge in [0.05, 0.1) is 4.70 Å². The fraction of sp³-hybridized carbons (Fsp3) is 0. The van der Waals surface area contributed by atoms with Crippen molar-refractivity contribution in [1.82, 2.24) is 14.6 Å². The zero-order valence-electron chi connectivity index (χ0n) is 7.04. The molecule has 0 N–H and O–H groups in total. The molecule has 5 heteroatoms. The van der Waals surface area contributed by atoms with E-state index in [1.165, 1.54) is 17.7 Å². The van der Waals surface area contributed by atoms with Crippen LogP contribution in [-0.4, -0.2) is 14.6 Å². The van der Waals surface area contributed by atoms with Gasteiger partial charge in [-0.1, -0.05) is 0 Å². The molecule has 14 heavy (non-hydrogen) atoms. The van der Waals surface area contributed by atoms with Crippen molar-refractivity contribution in [3.05, 3.63) is 40.3 Å². The van der Waals surface area contributed by atoms with Crippen molar-refractivity contribution in [3.63, 3.8) is 0 Å². The highest BCUT2D eigenvalue weighted by atomic mass is 32.1. The molecule has 0 atom stereocenters. The van der Waals surface area contributed by atoms with Crippen molar-refractivity contribution in [1.29, 1.82) is 0 Å². The Bertz CT molecular complexity index is 614. The number of hydrogen-bond acceptors (Lipinski definition) is 4. The van der Waals surface area contributed by atoms with E-state index in [1.807, 2.05) is 17.5 Å². The molecule has 0 aromatic carbocycles. The number of rotatable bonds is 0. The molecule has 0 saturated carbocycles. The van der Waals surface area contributed by atoms with Gasteiger partial charge in [-0.25, -0.2) is 0 Å². The first kappa shape index (κ1) is 7.64. The standard InChI is InChI=1S/C9H5N3OS/c13-7-8-6(2-4-14-8)1-3-12-5-10-11-9(7)12/h1-5H. The van der Waals surface area contributed by atoms with E-state index in [9.17, 15) is 4.79 Å². The van der Waals surface area contributed by atoms with Crippen molar-refractivity contribution in [2.24, 2.45) is 0 Å². The highest BCUT2D eigenvalue weighted by molar-refractivity contribution is 7.17. The van der Waals surface area contributed by atoms with Crippen LogP contribution in [-0.2, 0) is 0 Å². The lowest BCUT2D eigenvalue weighted by atomic mass is 10.3. The summed E-state index contributed by atoms with van der Waals surface area (Å²) < 4.78 is 2.36. The fourth-order valence-electron chi connectivity index (χ4n) is 1.41. The van der Waals surface area contributed by atoms with Crippen LogP contribution in [0.25, 0.3) is 15.7 Å². The van der Waals surface area contributed by atoms with Crippen LogP contribution in [0.4, 0.5) is 0 Å². The summed E-state index contributed by atoms with van der Waals surface area (Å²) in [7, 11) is 0. The highest BCUT2D eigenvalue weighted by Crippen LogP contribution is 2.15. The Hall–Kier alpha value is -1.75. The van der Waals surface area contributed by atoms with Crippen molar-refractivity contribution in [2.45, 2.75) is 0 Å². The number of hydrogen-bond donors (Lipinski definition) is 0. The third kappa shape index (κ3) is 0.898. The van der Waals surface area contributed by atoms with Crippen LogP contribution >= 0.6 is 11.3 Å². The van der Waals surface area contributed by atoms with Gasteiger partial charge in [0.15, 0.2) is 0 Å². The van der Waals surface area contributed by atoms with Crippen LogP contribution in [0.5, 0.6) is 0 Å². The van der Waals surface area contributed by atoms with Gasteiger partial charge in [-0.15, -0.1) is 21.5 Å². The van der Waals surface area contributed by atoms with Gasteiger partial charge in [-0.05, 0) is 22.9 Å². The molecule has 0 spiro atoms. The zero-order chi connectivity index (χ0) is 9.54. The minimum atomic E-state index is -0.0579. The minimum Gasteiger partial charge on any atom is -0.286 e. The Morgan fingerprint density at radius 3 is 3.21 bits per heavy atom. The van der Waals surface area contributed by atoms with Gasteiger partial charge in [-0.2, -0.15) is 0 Å². The Labute approximate surface area is 82.5 Å². The number of thiophene rings is 1. The summed E-state index contributed by atoms with van der Waals surface area (Å²) in [5.74, 6) is 0. The normalized spacial score (nSPS) is 11.1. The monoisotopic (exact) mass is 203 g/mol. The summed E-state index contributed by atoms with van der Waals surface area (Å²) >= 11 is 1.43. The van der Waals surface area contributed by atoms with Gasteiger partial charge >= 0.3 is 0 Å². The molecule has 3 aromatic heterocycles. The van der Waals surface area contributed by atoms with Crippen LogP contribution in [0, 0.1) is 0 Å². The summed E-state index contributed by atoms with van der Waals surface area (Å²) in [5.41, 5.74) is 0.319. The van der Waals surface area contributed by atoms with Crippen molar-refractivity contribution in [2.75, 3.05) is 0 Å². The van der Waals surface area contributed by atoms with E-state index in [4.69, 9.17) is 0 Å². The molecule has 0 radical (unpaired) electrons. The molecule has 0 bridgehead atoms. The van der Waals surface area contributed by atoms with E-state index >= 15 is 0 Å². The molecular weight excluding hydrogens is 198 g/mol. The Morgan fingerprint density at radius 1 is 1.36 bits per heavy atom. The first-order valence-electron chi connectivity index (χ1n) is 4.06. The second kappa shape index (κ2) is 2.62. The number of nitrogens with zero attached hydrogens (tertiary/aromatic N) is 3. The SMILES string of the molecule is O=c1c2sccc2ccn2cnnc12. The molecule has 0 amide bonds. The first-order chi connectivity index (χ1) is 6.86. The van der Waals surface area contributed by atoms with Gasteiger partial charge in [-0.3, -0.25) is 9.20 Å². The fourth-order valence-corrected chi connectivity index (χ4v) is 2.23. The highest BCUT2D eigenvalue weighted by Gasteiger charge is 2.04. The topological polar surface area (TPSA) is 47.3 Å². The summed E-state index contributed by atoms with van der Waals surface area (Å²) in [5, 5.41) is 10.3. The molecule has 3 heterocycles. The molecule has 3 rings (SSSR count). The van der Waals surface area contributed by atoms with Crippen LogP contribution in [0.3, 0.4) is 0 Å². The van der Waals surface area contributed by atoms with E-state index in [0.717, 1.165) is 10.1 Å². The van der Waals surface area contributed by atoms with E-state index in [-0.39, 0.29) is 5.43 Å². The summed E-state index contributed by atoms with van der Waals surface area (Å²) in [6.07, 6.45) is 3.33. The van der Waals surface area contributed by atoms with E-state index in [2.05, 4.69) is 10.2 Å². The molecule has 0 fully saturated rings. The Kier molecular flexibility index (Phi) is 1.43. The number of fused-ring (bicyclic) bond motifs is 2. The number of aromatic nitrogens is 3. The lowest BCUT2D eigenvalue weighted by Gasteiger charge is -1.77. The van der Waals surface area contributed by atoms with Crippen LogP contribution in [0.2, 0.25) is 0 Å². The molecule has 4 nitrogen and oxygen atoms in total. The van der Waals surface area contributed by atoms with Gasteiger partial charge in [0.25, 0.3) is 0 Å². The van der Waals surface area contributed by atoms with Crippen LogP contribution < -0.4 is 5.43 Å². The predicted octanol–water partition coefficient (Wildman–Crippen LogP) is 1.30. The summed E-state index contributed by atoms with van der Waals surface area (Å²) in [6, 6.07) is 3.82. The van der Waals surface area contributed by atoms with E-state index in [0.29, 0.717) is 5.65 Å². The lowest BCUT2D eigenvalue weighted by molar-refractivity contribution is 1.10. The van der Waals surface area contributed by atoms with E-state index in [1.54, 1.807) is 10.6 Å². The lowest BCUT2D eigenvalue weighted by Crippen LogP contribution is -1.99. The predicted molar refractivity (Wildman–Crippen MR) is 54.6 cm³/mol. The van der Waals surface area contributed by atoms with Crippen molar-refractivity contribution < 1.29 is 0 Å². The van der Waals surface area contributed by atoms with Crippen LogP contribution in [0.15, 0.2) is 34.8 Å². The molecule has 3 aromatic rings. The second-order valence-corrected chi connectivity index (χ2v) is 3.83. The van der Waals surface area contributed by atoms with Gasteiger partial charge in [0.2, 0.25) is 11.1 Å². The summed E-state index contributed by atoms with van der Waals surface area (Å²) in [6.45, 7) is 0. The van der Waals surface area contributed by atoms with Crippen molar-refractivity contribution >= 4 is 27.1 Å². The third-order valence-corrected chi connectivity index (χ3v) is 3.02. The Morgan fingerprint density at radius 2 is 2.29 bits per heavy atom.